The number of hydrogen-bond donors (Lipinski definition) is 2. The van der Waals surface area contributed by atoms with E-state index >= 15 is 0 Å². The first-order valence-corrected chi connectivity index (χ1v) is 6.12. The van der Waals surface area contributed by atoms with Gasteiger partial charge in [0, 0.05) is 13.6 Å². The van der Waals surface area contributed by atoms with E-state index in [4.69, 9.17) is 0 Å². The van der Waals surface area contributed by atoms with Crippen LogP contribution in [0.5, 0.6) is 0 Å². The second kappa shape index (κ2) is 6.01. The fourth-order valence-corrected chi connectivity index (χ4v) is 1.89. The van der Waals surface area contributed by atoms with Gasteiger partial charge in [0.15, 0.2) is 0 Å². The summed E-state index contributed by atoms with van der Waals surface area (Å²) in [5.74, 6) is -2.08. The number of carbonyl (C=O) groups is 2. The molecule has 1 heterocycles. The zero-order chi connectivity index (χ0) is 14.5. The van der Waals surface area contributed by atoms with E-state index in [1.165, 1.54) is 12.5 Å². The molecule has 0 bridgehead atoms. The molecule has 2 rings (SSSR count). The van der Waals surface area contributed by atoms with Gasteiger partial charge < -0.3 is 15.0 Å². The first kappa shape index (κ1) is 13.8. The Morgan fingerprint density at radius 2 is 2.05 bits per heavy atom. The molecular weight excluding hydrogens is 258 g/mol. The van der Waals surface area contributed by atoms with E-state index in [2.05, 4.69) is 10.3 Å². The monoisotopic (exact) mass is 273 g/mol. The Kier molecular flexibility index (Phi) is 4.14. The van der Waals surface area contributed by atoms with Crippen LogP contribution in [0.2, 0.25) is 0 Å². The van der Waals surface area contributed by atoms with Crippen molar-refractivity contribution in [3.63, 3.8) is 0 Å². The van der Waals surface area contributed by atoms with Crippen LogP contribution in [0, 0.1) is 0 Å². The number of carbonyl (C=O) groups excluding carboxylic acids is 1. The number of hydrogen-bond acceptors (Lipinski definition) is 3. The Morgan fingerprint density at radius 3 is 2.60 bits per heavy atom. The molecule has 6 nitrogen and oxygen atoms in total. The Labute approximate surface area is 116 Å². The van der Waals surface area contributed by atoms with E-state index in [9.17, 15) is 14.7 Å². The van der Waals surface area contributed by atoms with Crippen molar-refractivity contribution in [2.45, 2.75) is 5.92 Å². The van der Waals surface area contributed by atoms with E-state index in [1.807, 2.05) is 6.07 Å². The zero-order valence-electron chi connectivity index (χ0n) is 11.0. The van der Waals surface area contributed by atoms with Gasteiger partial charge in [0.1, 0.15) is 5.69 Å². The summed E-state index contributed by atoms with van der Waals surface area (Å²) in [4.78, 5) is 27.1. The molecule has 0 aliphatic rings. The fraction of sp³-hybridized carbons (Fsp3) is 0.214. The number of rotatable bonds is 5. The van der Waals surface area contributed by atoms with Gasteiger partial charge in [-0.1, -0.05) is 30.3 Å². The van der Waals surface area contributed by atoms with Crippen LogP contribution >= 0.6 is 0 Å². The van der Waals surface area contributed by atoms with Crippen molar-refractivity contribution in [2.24, 2.45) is 7.05 Å². The number of aromatic nitrogens is 2. The molecule has 0 radical (unpaired) electrons. The zero-order valence-corrected chi connectivity index (χ0v) is 11.0. The van der Waals surface area contributed by atoms with Crippen LogP contribution in [0.25, 0.3) is 0 Å². The third-order valence-electron chi connectivity index (χ3n) is 3.02. The number of nitrogens with one attached hydrogen (secondary N) is 1. The standard InChI is InChI=1S/C14H15N3O3/c1-17-9-15-8-12(17)13(18)16-7-11(14(19)20)10-5-3-2-4-6-10/h2-6,8-9,11H,7H2,1H3,(H,16,18)(H,19,20). The van der Waals surface area contributed by atoms with Gasteiger partial charge in [-0.3, -0.25) is 9.59 Å². The normalized spacial score (nSPS) is 11.8. The minimum Gasteiger partial charge on any atom is -0.481 e. The third kappa shape index (κ3) is 3.03. The highest BCUT2D eigenvalue weighted by molar-refractivity contribution is 5.92. The summed E-state index contributed by atoms with van der Waals surface area (Å²) in [7, 11) is 1.70. The van der Waals surface area contributed by atoms with Gasteiger partial charge >= 0.3 is 5.97 Å². The van der Waals surface area contributed by atoms with Gasteiger partial charge in [0.25, 0.3) is 5.91 Å². The summed E-state index contributed by atoms with van der Waals surface area (Å²) in [6, 6.07) is 8.82. The van der Waals surface area contributed by atoms with Crippen LogP contribution in [-0.2, 0) is 11.8 Å². The lowest BCUT2D eigenvalue weighted by molar-refractivity contribution is -0.138. The van der Waals surface area contributed by atoms with Crippen molar-refractivity contribution in [1.29, 1.82) is 0 Å². The average Bonchev–Trinajstić information content (AvgIpc) is 2.86. The van der Waals surface area contributed by atoms with E-state index in [1.54, 1.807) is 35.9 Å². The number of aryl methyl sites for hydroxylation is 1. The van der Waals surface area contributed by atoms with Crippen LogP contribution in [0.1, 0.15) is 22.0 Å². The lowest BCUT2D eigenvalue weighted by Gasteiger charge is -2.13. The number of amides is 1. The topological polar surface area (TPSA) is 84.2 Å². The maximum Gasteiger partial charge on any atom is 0.312 e. The number of benzene rings is 1. The van der Waals surface area contributed by atoms with Crippen molar-refractivity contribution < 1.29 is 14.7 Å². The number of imidazole rings is 1. The largest absolute Gasteiger partial charge is 0.481 e. The van der Waals surface area contributed by atoms with Crippen LogP contribution in [0.3, 0.4) is 0 Å². The second-order valence-corrected chi connectivity index (χ2v) is 4.40. The van der Waals surface area contributed by atoms with Gasteiger partial charge in [-0.05, 0) is 5.56 Å². The number of carboxylic acid groups (broad SMARTS) is 1. The molecule has 0 saturated heterocycles. The number of aliphatic carboxylic acids is 1. The molecule has 1 aromatic heterocycles. The molecule has 0 aliphatic carbocycles. The molecule has 1 unspecified atom stereocenters. The molecule has 0 spiro atoms. The van der Waals surface area contributed by atoms with E-state index in [-0.39, 0.29) is 12.5 Å². The lowest BCUT2D eigenvalue weighted by atomic mass is 9.99. The molecule has 104 valence electrons. The fourth-order valence-electron chi connectivity index (χ4n) is 1.89. The smallest absolute Gasteiger partial charge is 0.312 e. The molecule has 1 amide bonds. The van der Waals surface area contributed by atoms with Crippen LogP contribution in [0.4, 0.5) is 0 Å². The first-order valence-electron chi connectivity index (χ1n) is 6.12. The first-order chi connectivity index (χ1) is 9.59. The molecule has 1 atom stereocenters. The minimum absolute atomic E-state index is 0.0311. The number of nitrogens with zero attached hydrogens (tertiary/aromatic N) is 2. The summed E-state index contributed by atoms with van der Waals surface area (Å²) in [6.07, 6.45) is 2.95. The number of carboxylic acids is 1. The summed E-state index contributed by atoms with van der Waals surface area (Å²) in [5, 5.41) is 11.9. The summed E-state index contributed by atoms with van der Waals surface area (Å²) in [5.41, 5.74) is 1.05. The minimum atomic E-state index is -0.971. The van der Waals surface area contributed by atoms with Crippen molar-refractivity contribution in [2.75, 3.05) is 6.54 Å². The lowest BCUT2D eigenvalue weighted by Crippen LogP contribution is -2.32. The average molecular weight is 273 g/mol. The highest BCUT2D eigenvalue weighted by Gasteiger charge is 2.21. The summed E-state index contributed by atoms with van der Waals surface area (Å²) < 4.78 is 1.58. The van der Waals surface area contributed by atoms with Gasteiger partial charge in [-0.25, -0.2) is 4.98 Å². The van der Waals surface area contributed by atoms with Crippen molar-refractivity contribution in [3.8, 4) is 0 Å². The molecule has 2 aromatic rings. The predicted molar refractivity (Wildman–Crippen MR) is 72.4 cm³/mol. The maximum atomic E-state index is 11.9. The second-order valence-electron chi connectivity index (χ2n) is 4.40. The Bertz CT molecular complexity index is 607. The Morgan fingerprint density at radius 1 is 1.35 bits per heavy atom. The van der Waals surface area contributed by atoms with Gasteiger partial charge in [-0.2, -0.15) is 0 Å². The van der Waals surface area contributed by atoms with Crippen LogP contribution in [-0.4, -0.2) is 33.1 Å². The van der Waals surface area contributed by atoms with Crippen LogP contribution in [0.15, 0.2) is 42.9 Å². The van der Waals surface area contributed by atoms with E-state index < -0.39 is 11.9 Å². The highest BCUT2D eigenvalue weighted by atomic mass is 16.4. The summed E-state index contributed by atoms with van der Waals surface area (Å²) >= 11 is 0. The predicted octanol–water partition coefficient (Wildman–Crippen LogP) is 1.02. The Hall–Kier alpha value is -2.63. The molecule has 0 saturated carbocycles. The molecule has 1 aromatic carbocycles. The molecule has 6 heteroatoms. The SMILES string of the molecule is Cn1cncc1C(=O)NCC(C(=O)O)c1ccccc1. The third-order valence-corrected chi connectivity index (χ3v) is 3.02. The summed E-state index contributed by atoms with van der Waals surface area (Å²) in [6.45, 7) is 0.0311. The Balaban J connectivity index is 2.06. The van der Waals surface area contributed by atoms with E-state index in [0.29, 0.717) is 11.3 Å². The van der Waals surface area contributed by atoms with Crippen molar-refractivity contribution >= 4 is 11.9 Å². The highest BCUT2D eigenvalue weighted by Crippen LogP contribution is 2.14. The maximum absolute atomic E-state index is 11.9. The molecule has 0 aliphatic heterocycles. The van der Waals surface area contributed by atoms with Gasteiger partial charge in [-0.15, -0.1) is 0 Å². The van der Waals surface area contributed by atoms with Crippen molar-refractivity contribution in [1.82, 2.24) is 14.9 Å². The molecule has 2 N–H and O–H groups in total. The van der Waals surface area contributed by atoms with E-state index in [0.717, 1.165) is 0 Å². The van der Waals surface area contributed by atoms with Crippen LogP contribution < -0.4 is 5.32 Å². The van der Waals surface area contributed by atoms with Gasteiger partial charge in [0.05, 0.1) is 18.4 Å². The molecular formula is C14H15N3O3. The molecule has 20 heavy (non-hydrogen) atoms. The van der Waals surface area contributed by atoms with Gasteiger partial charge in [0.2, 0.25) is 0 Å². The quantitative estimate of drug-likeness (QED) is 0.851. The van der Waals surface area contributed by atoms with Crippen molar-refractivity contribution in [3.05, 3.63) is 54.1 Å². The molecule has 0 fully saturated rings.